The van der Waals surface area contributed by atoms with Gasteiger partial charge in [-0.2, -0.15) is 0 Å². The van der Waals surface area contributed by atoms with E-state index in [0.717, 1.165) is 6.92 Å². The molecule has 1 saturated heterocycles. The summed E-state index contributed by atoms with van der Waals surface area (Å²) >= 11 is 0. The van der Waals surface area contributed by atoms with Crippen LogP contribution in [0.4, 0.5) is 13.2 Å². The highest BCUT2D eigenvalue weighted by atomic mass is 19.3. The molecule has 2 nitrogen and oxygen atoms in total. The minimum Gasteiger partial charge on any atom is -0.350 e. The molecule has 3 atom stereocenters. The third-order valence-corrected chi connectivity index (χ3v) is 3.16. The van der Waals surface area contributed by atoms with Crippen LogP contribution >= 0.6 is 0 Å². The molecule has 3 unspecified atom stereocenters. The number of alkyl halides is 3. The Morgan fingerprint density at radius 3 is 2.20 bits per heavy atom. The second-order valence-electron chi connectivity index (χ2n) is 4.65. The lowest BCUT2D eigenvalue weighted by atomic mass is 9.74. The smallest absolute Gasteiger partial charge is 0.294 e. The predicted molar refractivity (Wildman–Crippen MR) is 50.4 cm³/mol. The third kappa shape index (κ3) is 1.62. The maximum Gasteiger partial charge on any atom is 0.294 e. The lowest BCUT2D eigenvalue weighted by Crippen LogP contribution is -2.68. The van der Waals surface area contributed by atoms with Gasteiger partial charge in [0.25, 0.3) is 5.92 Å². The zero-order valence-corrected chi connectivity index (χ0v) is 9.27. The number of nitrogens with one attached hydrogen (secondary N) is 1. The number of carbonyl (C=O) groups is 1. The van der Waals surface area contributed by atoms with E-state index >= 15 is 0 Å². The number of piperidine rings is 1. The van der Waals surface area contributed by atoms with Gasteiger partial charge in [-0.1, -0.05) is 13.8 Å². The van der Waals surface area contributed by atoms with Crippen LogP contribution in [0.25, 0.3) is 0 Å². The summed E-state index contributed by atoms with van der Waals surface area (Å²) in [7, 11) is 0. The SMILES string of the molecule is CC(C)C1C(=O)NC(C)C(C)(F)C1(F)F. The molecule has 1 fully saturated rings. The standard InChI is InChI=1S/C10H16F3NO/c1-5(2)7-8(15)14-6(3)9(4,11)10(7,12)13/h5-7H,1-4H3,(H,14,15). The Morgan fingerprint density at radius 2 is 1.80 bits per heavy atom. The lowest BCUT2D eigenvalue weighted by Gasteiger charge is -2.45. The van der Waals surface area contributed by atoms with Crippen molar-refractivity contribution in [2.24, 2.45) is 11.8 Å². The highest BCUT2D eigenvalue weighted by molar-refractivity contribution is 5.82. The third-order valence-electron chi connectivity index (χ3n) is 3.16. The van der Waals surface area contributed by atoms with E-state index in [1.54, 1.807) is 0 Å². The number of rotatable bonds is 1. The van der Waals surface area contributed by atoms with Crippen molar-refractivity contribution in [1.29, 1.82) is 0 Å². The quantitative estimate of drug-likeness (QED) is 0.725. The molecule has 0 aliphatic carbocycles. The molecule has 1 rings (SSSR count). The minimum absolute atomic E-state index is 0.595. The van der Waals surface area contributed by atoms with E-state index in [2.05, 4.69) is 5.32 Å². The summed E-state index contributed by atoms with van der Waals surface area (Å²) in [6.45, 7) is 5.07. The first-order chi connectivity index (χ1) is 6.62. The molecule has 1 aliphatic rings. The Bertz CT molecular complexity index is 276. The Hall–Kier alpha value is -0.740. The van der Waals surface area contributed by atoms with Crippen molar-refractivity contribution < 1.29 is 18.0 Å². The summed E-state index contributed by atoms with van der Waals surface area (Å²) in [5.41, 5.74) is -2.70. The Kier molecular flexibility index (Phi) is 2.78. The van der Waals surface area contributed by atoms with Gasteiger partial charge in [0.05, 0.1) is 6.04 Å². The van der Waals surface area contributed by atoms with Crippen molar-refractivity contribution >= 4 is 5.91 Å². The molecular weight excluding hydrogens is 207 g/mol. The summed E-state index contributed by atoms with van der Waals surface area (Å²) < 4.78 is 41.4. The van der Waals surface area contributed by atoms with Crippen LogP contribution in [0.15, 0.2) is 0 Å². The van der Waals surface area contributed by atoms with Gasteiger partial charge >= 0.3 is 0 Å². The number of hydrogen-bond donors (Lipinski definition) is 1. The van der Waals surface area contributed by atoms with Crippen molar-refractivity contribution in [1.82, 2.24) is 5.32 Å². The van der Waals surface area contributed by atoms with Crippen molar-refractivity contribution in [3.63, 3.8) is 0 Å². The Labute approximate surface area is 87.2 Å². The maximum atomic E-state index is 13.9. The van der Waals surface area contributed by atoms with Crippen LogP contribution in [0, 0.1) is 11.8 Å². The highest BCUT2D eigenvalue weighted by Gasteiger charge is 2.65. The summed E-state index contributed by atoms with van der Waals surface area (Å²) in [6, 6.07) is -1.17. The van der Waals surface area contributed by atoms with Gasteiger partial charge in [-0.3, -0.25) is 4.79 Å². The molecule has 1 aliphatic heterocycles. The zero-order valence-electron chi connectivity index (χ0n) is 9.27. The normalized spacial score (nSPS) is 40.4. The summed E-state index contributed by atoms with van der Waals surface area (Å²) in [5.74, 6) is -6.58. The van der Waals surface area contributed by atoms with E-state index in [4.69, 9.17) is 0 Å². The molecule has 1 amide bonds. The molecule has 0 saturated carbocycles. The van der Waals surface area contributed by atoms with Crippen molar-refractivity contribution in [3.05, 3.63) is 0 Å². The second-order valence-corrected chi connectivity index (χ2v) is 4.65. The fourth-order valence-electron chi connectivity index (χ4n) is 1.92. The first-order valence-electron chi connectivity index (χ1n) is 4.99. The Balaban J connectivity index is 3.15. The van der Waals surface area contributed by atoms with E-state index in [-0.39, 0.29) is 0 Å². The van der Waals surface area contributed by atoms with E-state index in [9.17, 15) is 18.0 Å². The molecule has 5 heteroatoms. The summed E-state index contributed by atoms with van der Waals surface area (Å²) in [6.07, 6.45) is 0. The van der Waals surface area contributed by atoms with Gasteiger partial charge in [-0.25, -0.2) is 13.2 Å². The summed E-state index contributed by atoms with van der Waals surface area (Å²) in [4.78, 5) is 11.4. The van der Waals surface area contributed by atoms with Gasteiger partial charge in [0.15, 0.2) is 5.67 Å². The Morgan fingerprint density at radius 1 is 1.33 bits per heavy atom. The average molecular weight is 223 g/mol. The van der Waals surface area contributed by atoms with E-state index in [0.29, 0.717) is 0 Å². The van der Waals surface area contributed by atoms with Gasteiger partial charge in [0, 0.05) is 0 Å². The van der Waals surface area contributed by atoms with Crippen LogP contribution in [0.3, 0.4) is 0 Å². The molecule has 88 valence electrons. The molecule has 0 aromatic rings. The fourth-order valence-corrected chi connectivity index (χ4v) is 1.92. The molecule has 0 bridgehead atoms. The fraction of sp³-hybridized carbons (Fsp3) is 0.900. The van der Waals surface area contributed by atoms with Crippen LogP contribution in [0.2, 0.25) is 0 Å². The van der Waals surface area contributed by atoms with Crippen LogP contribution < -0.4 is 5.32 Å². The van der Waals surface area contributed by atoms with Crippen LogP contribution in [0.5, 0.6) is 0 Å². The number of halogens is 3. The lowest BCUT2D eigenvalue weighted by molar-refractivity contribution is -0.208. The van der Waals surface area contributed by atoms with Crippen LogP contribution in [0.1, 0.15) is 27.7 Å². The monoisotopic (exact) mass is 223 g/mol. The van der Waals surface area contributed by atoms with E-state index < -0.39 is 35.4 Å². The number of amides is 1. The molecule has 0 aromatic carbocycles. The van der Waals surface area contributed by atoms with Gasteiger partial charge in [-0.05, 0) is 19.8 Å². The molecule has 0 radical (unpaired) electrons. The highest BCUT2D eigenvalue weighted by Crippen LogP contribution is 2.46. The molecule has 15 heavy (non-hydrogen) atoms. The predicted octanol–water partition coefficient (Wildman–Crippen LogP) is 2.14. The topological polar surface area (TPSA) is 29.1 Å². The largest absolute Gasteiger partial charge is 0.350 e. The van der Waals surface area contributed by atoms with Crippen molar-refractivity contribution in [2.45, 2.75) is 45.3 Å². The molecule has 0 spiro atoms. The van der Waals surface area contributed by atoms with Crippen molar-refractivity contribution in [2.75, 3.05) is 0 Å². The molecular formula is C10H16F3NO. The number of carbonyl (C=O) groups excluding carboxylic acids is 1. The zero-order chi connectivity index (χ0) is 12.0. The van der Waals surface area contributed by atoms with Gasteiger partial charge < -0.3 is 5.32 Å². The first kappa shape index (κ1) is 12.3. The van der Waals surface area contributed by atoms with Crippen LogP contribution in [-0.4, -0.2) is 23.5 Å². The average Bonchev–Trinajstić information content (AvgIpc) is 1.99. The minimum atomic E-state index is -3.62. The second kappa shape index (κ2) is 3.39. The molecule has 1 heterocycles. The molecule has 1 N–H and O–H groups in total. The molecule has 0 aromatic heterocycles. The van der Waals surface area contributed by atoms with Gasteiger partial charge in [0.1, 0.15) is 5.92 Å². The van der Waals surface area contributed by atoms with Crippen molar-refractivity contribution in [3.8, 4) is 0 Å². The van der Waals surface area contributed by atoms with E-state index in [1.807, 2.05) is 0 Å². The van der Waals surface area contributed by atoms with Gasteiger partial charge in [-0.15, -0.1) is 0 Å². The summed E-state index contributed by atoms with van der Waals surface area (Å²) in [5, 5.41) is 2.26. The van der Waals surface area contributed by atoms with Gasteiger partial charge in [0.2, 0.25) is 5.91 Å². The first-order valence-corrected chi connectivity index (χ1v) is 4.99. The maximum absolute atomic E-state index is 13.9. The van der Waals surface area contributed by atoms with E-state index in [1.165, 1.54) is 20.8 Å². The number of hydrogen-bond acceptors (Lipinski definition) is 1. The van der Waals surface area contributed by atoms with Crippen LogP contribution in [-0.2, 0) is 4.79 Å².